The number of nitrogens with zero attached hydrogens (tertiary/aromatic N) is 1. The first-order valence-electron chi connectivity index (χ1n) is 15.8. The van der Waals surface area contributed by atoms with E-state index in [9.17, 15) is 24.0 Å². The lowest BCUT2D eigenvalue weighted by Gasteiger charge is -2.06. The lowest BCUT2D eigenvalue weighted by Crippen LogP contribution is -2.22. The highest BCUT2D eigenvalue weighted by atomic mass is 35.5. The van der Waals surface area contributed by atoms with Gasteiger partial charge in [-0.05, 0) is 63.9 Å². The second kappa shape index (κ2) is 21.8. The molecule has 0 atom stereocenters. The van der Waals surface area contributed by atoms with Gasteiger partial charge in [-0.25, -0.2) is 14.6 Å². The number of esters is 4. The van der Waals surface area contributed by atoms with Gasteiger partial charge >= 0.3 is 23.9 Å². The summed E-state index contributed by atoms with van der Waals surface area (Å²) in [5.74, 6) is -4.20. The van der Waals surface area contributed by atoms with Crippen LogP contribution in [0.15, 0.2) is 53.3 Å². The molecular weight excluding hydrogens is 579 g/mol. The molecule has 0 saturated heterocycles. The normalized spacial score (nSPS) is 12.8. The quantitative estimate of drug-likeness (QED) is 0.0911. The van der Waals surface area contributed by atoms with Crippen LogP contribution in [0.4, 0.5) is 11.4 Å². The highest BCUT2D eigenvalue weighted by molar-refractivity contribution is 6.40. The average molecular weight is 622 g/mol. The smallest absolute Gasteiger partial charge is 0.375 e. The number of nitrogen functional groups attached to an aromatic ring is 1. The number of ether oxygens (including phenoxy) is 4. The van der Waals surface area contributed by atoms with Crippen molar-refractivity contribution in [2.45, 2.75) is 40.5 Å². The molecule has 0 aromatic heterocycles. The molecule has 0 radical (unpaired) electrons. The van der Waals surface area contributed by atoms with Gasteiger partial charge in [0, 0.05) is 15.7 Å². The fourth-order valence-electron chi connectivity index (χ4n) is 2.18. The molecule has 0 aliphatic rings. The molecule has 0 bridgehead atoms. The van der Waals surface area contributed by atoms with Crippen LogP contribution in [0.25, 0.3) is 0 Å². The van der Waals surface area contributed by atoms with E-state index in [4.69, 9.17) is 49.4 Å². The SMILES string of the molecule is CCOC(=O)CC(=O)C(=O)OCC.[2H]c1c([2H])c(Cl)c([2H])c(N=C(CC(=O)OCC)C(=O)OCC)c1[2H].[2H]c1c([2H])c(N)c([2H])c(Cl)c1[2H]. The summed E-state index contributed by atoms with van der Waals surface area (Å²) in [6.45, 7) is 6.82. The molecule has 0 amide bonds. The number of halogens is 2. The number of aliphatic imine (C=N–C) groups is 1. The molecule has 0 heterocycles. The van der Waals surface area contributed by atoms with Gasteiger partial charge in [-0.15, -0.1) is 0 Å². The minimum Gasteiger partial charge on any atom is -0.466 e. The van der Waals surface area contributed by atoms with Crippen molar-refractivity contribution in [1.29, 1.82) is 0 Å². The molecular formula is C28H34Cl2N2O9. The molecule has 2 rings (SSSR count). The molecule has 2 N–H and O–H groups in total. The molecule has 13 heteroatoms. The van der Waals surface area contributed by atoms with E-state index in [2.05, 4.69) is 14.5 Å². The summed E-state index contributed by atoms with van der Waals surface area (Å²) in [5, 5.41) is -0.539. The van der Waals surface area contributed by atoms with Gasteiger partial charge in [-0.2, -0.15) is 0 Å². The zero-order chi connectivity index (χ0) is 38.2. The largest absolute Gasteiger partial charge is 0.466 e. The molecule has 0 spiro atoms. The summed E-state index contributed by atoms with van der Waals surface area (Å²) in [6.07, 6.45) is -1.06. The third kappa shape index (κ3) is 18.1. The minimum atomic E-state index is -0.990. The number of Topliss-reactive ketones (excluding diaryl/α,β-unsaturated/α-hetero) is 1. The Morgan fingerprint density at radius 3 is 1.78 bits per heavy atom. The maximum Gasteiger partial charge on any atom is 0.375 e. The number of hydrogen-bond donors (Lipinski definition) is 1. The number of carbonyl (C=O) groups excluding carboxylic acids is 5. The first-order chi connectivity index (χ1) is 22.8. The van der Waals surface area contributed by atoms with Crippen LogP contribution in [0.1, 0.15) is 51.5 Å². The Kier molecular flexibility index (Phi) is 13.2. The number of hydrogen-bond acceptors (Lipinski definition) is 11. The maximum atomic E-state index is 11.9. The van der Waals surface area contributed by atoms with Gasteiger partial charge in [0.1, 0.15) is 12.1 Å². The van der Waals surface area contributed by atoms with Crippen LogP contribution in [0.3, 0.4) is 0 Å². The Balaban J connectivity index is 0.000000776. The topological polar surface area (TPSA) is 161 Å². The number of rotatable bonds is 11. The fraction of sp³-hybridized carbons (Fsp3) is 0.357. The summed E-state index contributed by atoms with van der Waals surface area (Å²) >= 11 is 11.3. The van der Waals surface area contributed by atoms with E-state index < -0.39 is 66.7 Å². The van der Waals surface area contributed by atoms with Gasteiger partial charge in [0.05, 0.1) is 49.5 Å². The number of ketones is 1. The summed E-state index contributed by atoms with van der Waals surface area (Å²) in [5.41, 5.74) is 4.39. The Morgan fingerprint density at radius 1 is 0.732 bits per heavy atom. The van der Waals surface area contributed by atoms with Crippen LogP contribution >= 0.6 is 23.2 Å². The molecule has 2 aromatic rings. The van der Waals surface area contributed by atoms with Crippen LogP contribution in [0.5, 0.6) is 0 Å². The van der Waals surface area contributed by atoms with E-state index in [0.29, 0.717) is 0 Å². The molecule has 0 aliphatic carbocycles. The van der Waals surface area contributed by atoms with E-state index in [0.717, 1.165) is 0 Å². The summed E-state index contributed by atoms with van der Waals surface area (Å²) in [6, 6.07) is -3.25. The summed E-state index contributed by atoms with van der Waals surface area (Å²) in [4.78, 5) is 59.7. The number of nitrogens with two attached hydrogens (primary N) is 1. The van der Waals surface area contributed by atoms with Crippen LogP contribution < -0.4 is 5.73 Å². The predicted molar refractivity (Wildman–Crippen MR) is 155 cm³/mol. The molecule has 224 valence electrons. The lowest BCUT2D eigenvalue weighted by atomic mass is 10.2. The first kappa shape index (κ1) is 24.8. The second-order valence-electron chi connectivity index (χ2n) is 6.78. The predicted octanol–water partition coefficient (Wildman–Crippen LogP) is 4.92. The first-order valence-corrected chi connectivity index (χ1v) is 12.6. The fourth-order valence-corrected chi connectivity index (χ4v) is 2.47. The third-order valence-corrected chi connectivity index (χ3v) is 4.06. The van der Waals surface area contributed by atoms with E-state index >= 15 is 0 Å². The Labute approximate surface area is 260 Å². The van der Waals surface area contributed by atoms with Crippen molar-refractivity contribution >= 4 is 69.9 Å². The van der Waals surface area contributed by atoms with Crippen molar-refractivity contribution in [1.82, 2.24) is 0 Å². The molecule has 11 nitrogen and oxygen atoms in total. The van der Waals surface area contributed by atoms with Crippen molar-refractivity contribution in [3.63, 3.8) is 0 Å². The van der Waals surface area contributed by atoms with Gasteiger partial charge in [0.2, 0.25) is 0 Å². The van der Waals surface area contributed by atoms with Crippen LogP contribution in [0, 0.1) is 0 Å². The Hall–Kier alpha value is -3.96. The monoisotopic (exact) mass is 620 g/mol. The van der Waals surface area contributed by atoms with Crippen molar-refractivity contribution in [2.75, 3.05) is 32.2 Å². The molecule has 0 aliphatic heterocycles. The molecule has 0 saturated carbocycles. The van der Waals surface area contributed by atoms with Crippen molar-refractivity contribution < 1.29 is 53.9 Å². The zero-order valence-electron chi connectivity index (χ0n) is 30.7. The Bertz CT molecular complexity index is 1460. The van der Waals surface area contributed by atoms with Crippen LogP contribution in [-0.4, -0.2) is 61.8 Å². The van der Waals surface area contributed by atoms with E-state index in [1.54, 1.807) is 27.7 Å². The minimum absolute atomic E-state index is 0.0399. The maximum absolute atomic E-state index is 11.9. The van der Waals surface area contributed by atoms with Crippen molar-refractivity contribution in [2.24, 2.45) is 4.99 Å². The zero-order valence-corrected chi connectivity index (χ0v) is 24.2. The standard InChI is InChI=1S/C14H16ClNO4.C8H12O5.C6H6ClN/c1-3-19-13(17)9-12(14(18)20-4-2)16-11-7-5-6-10(15)8-11;1-3-12-7(10)5-6(9)8(11)13-4-2;7-5-2-1-3-6(8)4-5/h5-8H,3-4,9H2,1-2H3;3-5H2,1-2H3;1-4H,8H2/i5D,6D,7D,8D;;1D,2D,3D,4D. The number of carbonyl (C=O) groups is 5. The number of benzene rings is 2. The van der Waals surface area contributed by atoms with E-state index in [1.807, 2.05) is 0 Å². The van der Waals surface area contributed by atoms with Gasteiger partial charge < -0.3 is 24.7 Å². The Morgan fingerprint density at radius 2 is 1.22 bits per heavy atom. The van der Waals surface area contributed by atoms with Crippen LogP contribution in [-0.2, 0) is 42.9 Å². The summed E-state index contributed by atoms with van der Waals surface area (Å²) in [7, 11) is 0. The molecule has 0 fully saturated rings. The van der Waals surface area contributed by atoms with E-state index in [1.165, 1.54) is 0 Å². The summed E-state index contributed by atoms with van der Waals surface area (Å²) < 4.78 is 78.1. The van der Waals surface area contributed by atoms with Crippen LogP contribution in [0.2, 0.25) is 10.0 Å². The third-order valence-electron chi connectivity index (χ3n) is 3.68. The average Bonchev–Trinajstić information content (AvgIpc) is 3.06. The van der Waals surface area contributed by atoms with Gasteiger partial charge in [-0.1, -0.05) is 35.3 Å². The molecule has 41 heavy (non-hydrogen) atoms. The second-order valence-corrected chi connectivity index (χ2v) is 7.53. The van der Waals surface area contributed by atoms with Crippen molar-refractivity contribution in [3.8, 4) is 0 Å². The van der Waals surface area contributed by atoms with Gasteiger partial charge in [0.15, 0.2) is 0 Å². The van der Waals surface area contributed by atoms with E-state index in [-0.39, 0.29) is 77.7 Å². The highest BCUT2D eigenvalue weighted by Gasteiger charge is 2.19. The van der Waals surface area contributed by atoms with Gasteiger partial charge in [-0.3, -0.25) is 14.4 Å². The van der Waals surface area contributed by atoms with Gasteiger partial charge in [0.25, 0.3) is 5.78 Å². The highest BCUT2D eigenvalue weighted by Crippen LogP contribution is 2.19. The lowest BCUT2D eigenvalue weighted by molar-refractivity contribution is -0.157. The molecule has 0 unspecified atom stereocenters. The number of anilines is 1. The van der Waals surface area contributed by atoms with Crippen molar-refractivity contribution in [3.05, 3.63) is 58.4 Å². The molecule has 2 aromatic carbocycles.